The smallest absolute Gasteiger partial charge is 0.164 e. The molecule has 0 aromatic heterocycles. The first kappa shape index (κ1) is 11.9. The fourth-order valence-electron chi connectivity index (χ4n) is 0.960. The topological polar surface area (TPSA) is 9.23 Å². The van der Waals surface area contributed by atoms with Crippen LogP contribution in [0.25, 0.3) is 0 Å². The molecule has 0 N–H and O–H groups in total. The fraction of sp³-hybridized carbons (Fsp3) is 0.455. The number of rotatable bonds is 1. The molecule has 0 bridgehead atoms. The van der Waals surface area contributed by atoms with Gasteiger partial charge in [0.05, 0.1) is 7.11 Å². The maximum Gasteiger partial charge on any atom is 0.164 e. The van der Waals surface area contributed by atoms with E-state index < -0.39 is 0 Å². The molecule has 0 aromatic carbocycles. The Morgan fingerprint density at radius 3 is 2.46 bits per heavy atom. The van der Waals surface area contributed by atoms with Gasteiger partial charge in [0.1, 0.15) is 0 Å². The zero-order valence-corrected chi connectivity index (χ0v) is 8.73. The molecule has 0 saturated heterocycles. The third-order valence-corrected chi connectivity index (χ3v) is 1.55. The van der Waals surface area contributed by atoms with Crippen molar-refractivity contribution >= 4 is 0 Å². The van der Waals surface area contributed by atoms with Crippen LogP contribution in [0.4, 0.5) is 4.39 Å². The lowest BCUT2D eigenvalue weighted by Crippen LogP contribution is -1.85. The lowest BCUT2D eigenvalue weighted by molar-refractivity contribution is 0.282. The summed E-state index contributed by atoms with van der Waals surface area (Å²) in [4.78, 5) is 0. The second-order valence-corrected chi connectivity index (χ2v) is 2.45. The summed E-state index contributed by atoms with van der Waals surface area (Å²) in [6, 6.07) is 0. The van der Waals surface area contributed by atoms with Crippen molar-refractivity contribution in [3.05, 3.63) is 35.4 Å². The number of methoxy groups -OCH3 is 1. The Labute approximate surface area is 79.6 Å². The summed E-state index contributed by atoms with van der Waals surface area (Å²) in [5, 5.41) is 0. The van der Waals surface area contributed by atoms with E-state index in [4.69, 9.17) is 4.74 Å². The number of ether oxygens (including phenoxy) is 1. The summed E-state index contributed by atoms with van der Waals surface area (Å²) in [5.41, 5.74) is 0.936. The normalized spacial score (nSPS) is 15.6. The van der Waals surface area contributed by atoms with Gasteiger partial charge >= 0.3 is 0 Å². The van der Waals surface area contributed by atoms with Crippen LogP contribution >= 0.6 is 0 Å². The Balaban J connectivity index is 0.000000671. The Hall–Kier alpha value is -1.05. The molecule has 1 aliphatic rings. The van der Waals surface area contributed by atoms with Gasteiger partial charge in [0.25, 0.3) is 0 Å². The average molecular weight is 184 g/mol. The van der Waals surface area contributed by atoms with Crippen molar-refractivity contribution in [1.29, 1.82) is 0 Å². The summed E-state index contributed by atoms with van der Waals surface area (Å²) in [6.07, 6.45) is 5.88. The molecule has 0 amide bonds. The van der Waals surface area contributed by atoms with Crippen LogP contribution in [-0.2, 0) is 4.74 Å². The van der Waals surface area contributed by atoms with Crippen LogP contribution in [0.1, 0.15) is 27.2 Å². The van der Waals surface area contributed by atoms with Gasteiger partial charge in [-0.3, -0.25) is 0 Å². The molecule has 0 radical (unpaired) electrons. The van der Waals surface area contributed by atoms with Crippen LogP contribution in [0, 0.1) is 0 Å². The molecular weight excluding hydrogens is 167 g/mol. The summed E-state index contributed by atoms with van der Waals surface area (Å²) >= 11 is 0. The molecule has 1 aliphatic carbocycles. The van der Waals surface area contributed by atoms with E-state index in [1.54, 1.807) is 6.08 Å². The van der Waals surface area contributed by atoms with E-state index in [1.807, 2.05) is 26.8 Å². The minimum absolute atomic E-state index is 0.293. The Morgan fingerprint density at radius 2 is 1.92 bits per heavy atom. The van der Waals surface area contributed by atoms with E-state index >= 15 is 0 Å². The lowest BCUT2D eigenvalue weighted by atomic mass is 10.2. The molecule has 74 valence electrons. The Kier molecular flexibility index (Phi) is 5.94. The Morgan fingerprint density at radius 1 is 1.31 bits per heavy atom. The number of allylic oxidation sites excluding steroid dienone is 5. The van der Waals surface area contributed by atoms with Crippen molar-refractivity contribution in [2.24, 2.45) is 0 Å². The quantitative estimate of drug-likeness (QED) is 0.603. The summed E-state index contributed by atoms with van der Waals surface area (Å²) in [6.45, 7) is 5.87. The molecule has 0 heterocycles. The van der Waals surface area contributed by atoms with Crippen molar-refractivity contribution in [2.45, 2.75) is 27.2 Å². The summed E-state index contributed by atoms with van der Waals surface area (Å²) < 4.78 is 17.8. The number of halogens is 1. The van der Waals surface area contributed by atoms with Gasteiger partial charge in [-0.15, -0.1) is 0 Å². The fourth-order valence-corrected chi connectivity index (χ4v) is 0.960. The molecule has 1 nitrogen and oxygen atoms in total. The standard InChI is InChI=1S/C9H11FO.C2H6/c1-7-4-3-5-9(11-2)8(10)6-7;1-2/h4-6H,3H2,1-2H3;1-2H3. The van der Waals surface area contributed by atoms with Crippen molar-refractivity contribution < 1.29 is 9.13 Å². The van der Waals surface area contributed by atoms with Crippen LogP contribution < -0.4 is 0 Å². The van der Waals surface area contributed by atoms with Crippen LogP contribution in [0.15, 0.2) is 35.4 Å². The predicted octanol–water partition coefficient (Wildman–Crippen LogP) is 3.75. The highest BCUT2D eigenvalue weighted by Crippen LogP contribution is 2.19. The van der Waals surface area contributed by atoms with Gasteiger partial charge in [0, 0.05) is 0 Å². The summed E-state index contributed by atoms with van der Waals surface area (Å²) in [7, 11) is 1.47. The van der Waals surface area contributed by atoms with Crippen LogP contribution in [0.3, 0.4) is 0 Å². The molecule has 0 aromatic rings. The van der Waals surface area contributed by atoms with Crippen molar-refractivity contribution in [3.8, 4) is 0 Å². The predicted molar refractivity (Wildman–Crippen MR) is 54.0 cm³/mol. The highest BCUT2D eigenvalue weighted by atomic mass is 19.1. The third-order valence-electron chi connectivity index (χ3n) is 1.55. The van der Waals surface area contributed by atoms with Gasteiger partial charge in [-0.25, -0.2) is 4.39 Å². The van der Waals surface area contributed by atoms with Gasteiger partial charge < -0.3 is 4.74 Å². The molecule has 1 rings (SSSR count). The second kappa shape index (κ2) is 6.46. The van der Waals surface area contributed by atoms with E-state index in [0.29, 0.717) is 5.76 Å². The van der Waals surface area contributed by atoms with Crippen LogP contribution in [0.2, 0.25) is 0 Å². The molecule has 0 unspecified atom stereocenters. The van der Waals surface area contributed by atoms with Crippen LogP contribution in [0.5, 0.6) is 0 Å². The van der Waals surface area contributed by atoms with Crippen molar-refractivity contribution in [1.82, 2.24) is 0 Å². The zero-order chi connectivity index (χ0) is 10.3. The van der Waals surface area contributed by atoms with Gasteiger partial charge in [0.2, 0.25) is 0 Å². The number of hydrogen-bond donors (Lipinski definition) is 0. The molecule has 13 heavy (non-hydrogen) atoms. The molecule has 2 heteroatoms. The lowest BCUT2D eigenvalue weighted by Gasteiger charge is -2.00. The van der Waals surface area contributed by atoms with Crippen molar-refractivity contribution in [3.63, 3.8) is 0 Å². The summed E-state index contributed by atoms with van der Waals surface area (Å²) in [5.74, 6) is 0.0388. The van der Waals surface area contributed by atoms with Gasteiger partial charge in [0.15, 0.2) is 11.6 Å². The molecule has 0 aliphatic heterocycles. The minimum atomic E-state index is -0.293. The van der Waals surface area contributed by atoms with E-state index in [-0.39, 0.29) is 5.83 Å². The highest BCUT2D eigenvalue weighted by Gasteiger charge is 2.05. The highest BCUT2D eigenvalue weighted by molar-refractivity contribution is 5.32. The van der Waals surface area contributed by atoms with Gasteiger partial charge in [-0.2, -0.15) is 0 Å². The molecule has 0 saturated carbocycles. The zero-order valence-electron chi connectivity index (χ0n) is 8.73. The average Bonchev–Trinajstić information content (AvgIpc) is 2.30. The molecular formula is C11H17FO. The first-order valence-electron chi connectivity index (χ1n) is 4.52. The van der Waals surface area contributed by atoms with Gasteiger partial charge in [-0.05, 0) is 25.5 Å². The maximum atomic E-state index is 13.0. The first-order valence-corrected chi connectivity index (χ1v) is 4.52. The second-order valence-electron chi connectivity index (χ2n) is 2.45. The van der Waals surface area contributed by atoms with E-state index in [1.165, 1.54) is 13.2 Å². The minimum Gasteiger partial charge on any atom is -0.494 e. The van der Waals surface area contributed by atoms with Crippen molar-refractivity contribution in [2.75, 3.05) is 7.11 Å². The van der Waals surface area contributed by atoms with E-state index in [2.05, 4.69) is 0 Å². The Bertz CT molecular complexity index is 236. The van der Waals surface area contributed by atoms with E-state index in [9.17, 15) is 4.39 Å². The SMILES string of the molecule is CC.COC1=CCC=C(C)C=C1F. The largest absolute Gasteiger partial charge is 0.494 e. The molecule has 0 spiro atoms. The third kappa shape index (κ3) is 3.92. The monoisotopic (exact) mass is 184 g/mol. The number of hydrogen-bond acceptors (Lipinski definition) is 1. The molecule has 0 atom stereocenters. The van der Waals surface area contributed by atoms with Gasteiger partial charge in [-0.1, -0.05) is 25.5 Å². The molecule has 0 fully saturated rings. The van der Waals surface area contributed by atoms with E-state index in [0.717, 1.165) is 12.0 Å². The maximum absolute atomic E-state index is 13.0. The first-order chi connectivity index (χ1) is 6.24. The van der Waals surface area contributed by atoms with Crippen LogP contribution in [-0.4, -0.2) is 7.11 Å².